The minimum Gasteiger partial charge on any atom is -0.325 e. The van der Waals surface area contributed by atoms with Gasteiger partial charge in [-0.1, -0.05) is 30.0 Å². The molecule has 1 N–H and O–H groups in total. The summed E-state index contributed by atoms with van der Waals surface area (Å²) in [5, 5.41) is 6.96. The number of thioether (sulfide) groups is 1. The van der Waals surface area contributed by atoms with Gasteiger partial charge in [-0.2, -0.15) is 0 Å². The highest BCUT2D eigenvalue weighted by molar-refractivity contribution is 7.99. The molecule has 0 saturated heterocycles. The second kappa shape index (κ2) is 7.20. The topological polar surface area (TPSA) is 59.8 Å². The fourth-order valence-corrected chi connectivity index (χ4v) is 5.78. The maximum atomic E-state index is 12.7. The predicted octanol–water partition coefficient (Wildman–Crippen LogP) is 5.40. The Morgan fingerprint density at radius 2 is 2.04 bits per heavy atom. The second-order valence-corrected chi connectivity index (χ2v) is 9.40. The molecule has 0 aliphatic carbocycles. The van der Waals surface area contributed by atoms with Crippen LogP contribution < -0.4 is 5.32 Å². The molecule has 1 aliphatic heterocycles. The number of nitrogens with zero attached hydrogens (tertiary/aromatic N) is 3. The summed E-state index contributed by atoms with van der Waals surface area (Å²) in [4.78, 5) is 23.7. The summed E-state index contributed by atoms with van der Waals surface area (Å²) in [5.41, 5.74) is 3.54. The number of anilines is 1. The first-order chi connectivity index (χ1) is 13.7. The first-order valence-electron chi connectivity index (χ1n) is 8.80. The fourth-order valence-electron chi connectivity index (χ4n) is 3.07. The molecule has 0 atom stereocenters. The number of thiazole rings is 1. The van der Waals surface area contributed by atoms with Crippen LogP contribution in [0.1, 0.15) is 15.4 Å². The molecule has 1 aromatic carbocycles. The highest BCUT2D eigenvalue weighted by atomic mass is 32.2. The van der Waals surface area contributed by atoms with E-state index in [4.69, 9.17) is 0 Å². The van der Waals surface area contributed by atoms with Crippen molar-refractivity contribution in [2.45, 2.75) is 18.6 Å². The van der Waals surface area contributed by atoms with Crippen molar-refractivity contribution in [3.63, 3.8) is 0 Å². The van der Waals surface area contributed by atoms with E-state index in [-0.39, 0.29) is 5.91 Å². The van der Waals surface area contributed by atoms with Crippen molar-refractivity contribution in [1.29, 1.82) is 0 Å². The van der Waals surface area contributed by atoms with Crippen LogP contribution in [0.3, 0.4) is 0 Å². The Labute approximate surface area is 174 Å². The SMILES string of the molecule is Cc1nc(-c2cccs2)sc1C(=O)Nc1ccc(-c2cn3c(n2)SCC3)cc1. The van der Waals surface area contributed by atoms with Gasteiger partial charge in [0.1, 0.15) is 9.88 Å². The average Bonchev–Trinajstić information content (AvgIpc) is 3.45. The van der Waals surface area contributed by atoms with Crippen LogP contribution in [0.5, 0.6) is 0 Å². The first kappa shape index (κ1) is 17.7. The third kappa shape index (κ3) is 3.28. The maximum Gasteiger partial charge on any atom is 0.267 e. The minimum absolute atomic E-state index is 0.122. The molecule has 8 heteroatoms. The number of hydrogen-bond acceptors (Lipinski definition) is 6. The third-order valence-electron chi connectivity index (χ3n) is 4.48. The van der Waals surface area contributed by atoms with Crippen molar-refractivity contribution >= 4 is 46.0 Å². The zero-order valence-corrected chi connectivity index (χ0v) is 17.5. The van der Waals surface area contributed by atoms with Crippen molar-refractivity contribution in [2.24, 2.45) is 0 Å². The number of aryl methyl sites for hydroxylation is 2. The van der Waals surface area contributed by atoms with Crippen LogP contribution in [-0.2, 0) is 6.54 Å². The van der Waals surface area contributed by atoms with E-state index in [2.05, 4.69) is 26.0 Å². The molecular formula is C20H16N4OS3. The number of hydrogen-bond donors (Lipinski definition) is 1. The van der Waals surface area contributed by atoms with Crippen LogP contribution in [0.4, 0.5) is 5.69 Å². The van der Waals surface area contributed by atoms with Crippen molar-refractivity contribution < 1.29 is 4.79 Å². The summed E-state index contributed by atoms with van der Waals surface area (Å²) in [6.45, 7) is 2.89. The van der Waals surface area contributed by atoms with Gasteiger partial charge in [-0.15, -0.1) is 22.7 Å². The number of carbonyl (C=O) groups is 1. The number of imidazole rings is 1. The zero-order valence-electron chi connectivity index (χ0n) is 15.0. The molecule has 28 heavy (non-hydrogen) atoms. The summed E-state index contributed by atoms with van der Waals surface area (Å²) in [5.74, 6) is 0.974. The summed E-state index contributed by atoms with van der Waals surface area (Å²) >= 11 is 4.84. The lowest BCUT2D eigenvalue weighted by atomic mass is 10.1. The monoisotopic (exact) mass is 424 g/mol. The van der Waals surface area contributed by atoms with Crippen LogP contribution in [0.2, 0.25) is 0 Å². The lowest BCUT2D eigenvalue weighted by molar-refractivity contribution is 0.103. The van der Waals surface area contributed by atoms with E-state index in [0.717, 1.165) is 50.0 Å². The highest BCUT2D eigenvalue weighted by Crippen LogP contribution is 2.32. The van der Waals surface area contributed by atoms with Crippen molar-refractivity contribution in [3.05, 3.63) is 58.5 Å². The van der Waals surface area contributed by atoms with Gasteiger partial charge in [0, 0.05) is 29.7 Å². The molecule has 4 heterocycles. The van der Waals surface area contributed by atoms with Crippen molar-refractivity contribution in [1.82, 2.24) is 14.5 Å². The number of rotatable bonds is 4. The first-order valence-corrected chi connectivity index (χ1v) is 11.5. The number of fused-ring (bicyclic) bond motifs is 1. The van der Waals surface area contributed by atoms with Crippen LogP contribution in [0.15, 0.2) is 53.1 Å². The second-order valence-electron chi connectivity index (χ2n) is 6.39. The Morgan fingerprint density at radius 1 is 1.18 bits per heavy atom. The third-order valence-corrected chi connectivity index (χ3v) is 7.64. The van der Waals surface area contributed by atoms with Crippen LogP contribution in [-0.4, -0.2) is 26.2 Å². The van der Waals surface area contributed by atoms with E-state index in [1.54, 1.807) is 23.1 Å². The summed E-state index contributed by atoms with van der Waals surface area (Å²) in [6.07, 6.45) is 2.09. The highest BCUT2D eigenvalue weighted by Gasteiger charge is 2.18. The van der Waals surface area contributed by atoms with Crippen molar-refractivity contribution in [3.8, 4) is 21.1 Å². The van der Waals surface area contributed by atoms with Gasteiger partial charge in [0.2, 0.25) is 0 Å². The average molecular weight is 425 g/mol. The number of thiophene rings is 1. The van der Waals surface area contributed by atoms with E-state index in [1.165, 1.54) is 11.3 Å². The Balaban J connectivity index is 1.33. The molecule has 1 aliphatic rings. The van der Waals surface area contributed by atoms with E-state index in [0.29, 0.717) is 4.88 Å². The molecule has 0 saturated carbocycles. The quantitative estimate of drug-likeness (QED) is 0.476. The summed E-state index contributed by atoms with van der Waals surface area (Å²) in [6, 6.07) is 11.8. The molecule has 0 unspecified atom stereocenters. The van der Waals surface area contributed by atoms with E-state index >= 15 is 0 Å². The van der Waals surface area contributed by atoms with E-state index < -0.39 is 0 Å². The van der Waals surface area contributed by atoms with Crippen molar-refractivity contribution in [2.75, 3.05) is 11.1 Å². The molecule has 0 fully saturated rings. The van der Waals surface area contributed by atoms with E-state index in [1.807, 2.05) is 48.7 Å². The van der Waals surface area contributed by atoms with Gasteiger partial charge in [0.15, 0.2) is 5.16 Å². The number of nitrogens with one attached hydrogen (secondary N) is 1. The Hall–Kier alpha value is -2.42. The smallest absolute Gasteiger partial charge is 0.267 e. The molecule has 0 radical (unpaired) electrons. The molecule has 5 nitrogen and oxygen atoms in total. The van der Waals surface area contributed by atoms with Gasteiger partial charge in [-0.25, -0.2) is 9.97 Å². The number of carbonyl (C=O) groups excluding carboxylic acids is 1. The molecule has 4 aromatic rings. The normalized spacial score (nSPS) is 12.9. The van der Waals surface area contributed by atoms with Gasteiger partial charge in [-0.3, -0.25) is 4.79 Å². The van der Waals surface area contributed by atoms with Crippen LogP contribution in [0, 0.1) is 6.92 Å². The molecule has 0 bridgehead atoms. The van der Waals surface area contributed by atoms with Crippen LogP contribution >= 0.6 is 34.4 Å². The van der Waals surface area contributed by atoms with Gasteiger partial charge in [-0.05, 0) is 30.5 Å². The van der Waals surface area contributed by atoms with Gasteiger partial charge in [0.25, 0.3) is 5.91 Å². The number of benzene rings is 1. The molecule has 0 spiro atoms. The van der Waals surface area contributed by atoms with Gasteiger partial charge >= 0.3 is 0 Å². The maximum absolute atomic E-state index is 12.7. The van der Waals surface area contributed by atoms with Crippen LogP contribution in [0.25, 0.3) is 21.1 Å². The number of aromatic nitrogens is 3. The minimum atomic E-state index is -0.122. The van der Waals surface area contributed by atoms with E-state index in [9.17, 15) is 4.79 Å². The molecule has 3 aromatic heterocycles. The molecule has 1 amide bonds. The van der Waals surface area contributed by atoms with Gasteiger partial charge < -0.3 is 9.88 Å². The molecular weight excluding hydrogens is 408 g/mol. The molecule has 140 valence electrons. The summed E-state index contributed by atoms with van der Waals surface area (Å²) in [7, 11) is 0. The number of amides is 1. The largest absolute Gasteiger partial charge is 0.325 e. The van der Waals surface area contributed by atoms with Gasteiger partial charge in [0.05, 0.1) is 16.3 Å². The zero-order chi connectivity index (χ0) is 19.1. The fraction of sp³-hybridized carbons (Fsp3) is 0.150. The Kier molecular flexibility index (Phi) is 4.54. The Bertz CT molecular complexity index is 1120. The summed E-state index contributed by atoms with van der Waals surface area (Å²) < 4.78 is 2.19. The lowest BCUT2D eigenvalue weighted by Gasteiger charge is -2.05. The predicted molar refractivity (Wildman–Crippen MR) is 117 cm³/mol. The standard InChI is InChI=1S/C20H16N4OS3/c1-12-17(28-19(21-12)16-3-2-9-26-16)18(25)22-14-6-4-13(5-7-14)15-11-24-8-10-27-20(24)23-15/h2-7,9,11H,8,10H2,1H3,(H,22,25). The Morgan fingerprint density at radius 3 is 2.79 bits per heavy atom. The molecule has 5 rings (SSSR count). The lowest BCUT2D eigenvalue weighted by Crippen LogP contribution is -2.11.